The molecule has 3 nitrogen and oxygen atoms in total. The van der Waals surface area contributed by atoms with E-state index in [1.54, 1.807) is 13.2 Å². The Morgan fingerprint density at radius 3 is 2.80 bits per heavy atom. The van der Waals surface area contributed by atoms with E-state index in [0.717, 1.165) is 12.0 Å². The topological polar surface area (TPSA) is 41.5 Å². The number of nitrogens with one attached hydrogen (secondary N) is 1. The number of benzene rings is 1. The molecule has 2 rings (SSSR count). The SMILES string of the molecule is CONC1CC(C)c2c(C)ccc(O)c21. The maximum Gasteiger partial charge on any atom is 0.120 e. The highest BCUT2D eigenvalue weighted by molar-refractivity contribution is 5.50. The van der Waals surface area contributed by atoms with Crippen molar-refractivity contribution in [2.45, 2.75) is 32.2 Å². The minimum absolute atomic E-state index is 0.111. The standard InChI is InChI=1S/C12H17NO2/c1-7-4-5-10(14)12-9(13-15-3)6-8(2)11(7)12/h4-5,8-9,13-14H,6H2,1-3H3. The van der Waals surface area contributed by atoms with E-state index in [-0.39, 0.29) is 6.04 Å². The molecular formula is C12H17NO2. The van der Waals surface area contributed by atoms with Crippen molar-refractivity contribution in [3.05, 3.63) is 28.8 Å². The molecule has 0 amide bonds. The highest BCUT2D eigenvalue weighted by atomic mass is 16.6. The van der Waals surface area contributed by atoms with Gasteiger partial charge in [0, 0.05) is 5.56 Å². The maximum atomic E-state index is 9.88. The molecule has 15 heavy (non-hydrogen) atoms. The van der Waals surface area contributed by atoms with Gasteiger partial charge in [0.25, 0.3) is 0 Å². The molecule has 2 unspecified atom stereocenters. The Hall–Kier alpha value is -1.06. The Bertz CT molecular complexity index is 376. The molecule has 0 saturated carbocycles. The van der Waals surface area contributed by atoms with Crippen LogP contribution in [0.4, 0.5) is 0 Å². The first-order valence-corrected chi connectivity index (χ1v) is 5.26. The number of aromatic hydroxyl groups is 1. The normalized spacial score (nSPS) is 24.2. The van der Waals surface area contributed by atoms with E-state index < -0.39 is 0 Å². The quantitative estimate of drug-likeness (QED) is 0.732. The van der Waals surface area contributed by atoms with E-state index >= 15 is 0 Å². The largest absolute Gasteiger partial charge is 0.508 e. The molecule has 0 bridgehead atoms. The molecule has 1 aliphatic carbocycles. The van der Waals surface area contributed by atoms with Gasteiger partial charge in [-0.3, -0.25) is 0 Å². The molecule has 1 aromatic rings. The lowest BCUT2D eigenvalue weighted by atomic mass is 9.97. The lowest BCUT2D eigenvalue weighted by molar-refractivity contribution is 0.0592. The van der Waals surface area contributed by atoms with Gasteiger partial charge < -0.3 is 9.94 Å². The summed E-state index contributed by atoms with van der Waals surface area (Å²) >= 11 is 0. The van der Waals surface area contributed by atoms with Gasteiger partial charge in [-0.2, -0.15) is 5.48 Å². The Kier molecular flexibility index (Phi) is 2.67. The zero-order chi connectivity index (χ0) is 11.0. The predicted molar refractivity (Wildman–Crippen MR) is 58.8 cm³/mol. The van der Waals surface area contributed by atoms with Crippen LogP contribution in [-0.4, -0.2) is 12.2 Å². The molecule has 2 N–H and O–H groups in total. The molecule has 0 heterocycles. The van der Waals surface area contributed by atoms with Gasteiger partial charge in [0.15, 0.2) is 0 Å². The van der Waals surface area contributed by atoms with Crippen molar-refractivity contribution >= 4 is 0 Å². The number of hydroxylamine groups is 1. The number of phenols is 1. The fraction of sp³-hybridized carbons (Fsp3) is 0.500. The van der Waals surface area contributed by atoms with Crippen molar-refractivity contribution in [2.24, 2.45) is 0 Å². The molecule has 0 fully saturated rings. The van der Waals surface area contributed by atoms with Crippen LogP contribution in [0.15, 0.2) is 12.1 Å². The lowest BCUT2D eigenvalue weighted by Gasteiger charge is -2.13. The summed E-state index contributed by atoms with van der Waals surface area (Å²) in [6.07, 6.45) is 0.974. The zero-order valence-corrected chi connectivity index (χ0v) is 9.37. The first-order chi connectivity index (χ1) is 7.15. The Balaban J connectivity index is 2.49. The summed E-state index contributed by atoms with van der Waals surface area (Å²) < 4.78 is 0. The van der Waals surface area contributed by atoms with Gasteiger partial charge in [0.05, 0.1) is 13.2 Å². The molecule has 0 radical (unpaired) electrons. The van der Waals surface area contributed by atoms with E-state index in [9.17, 15) is 5.11 Å². The predicted octanol–water partition coefficient (Wildman–Crippen LogP) is 2.40. The van der Waals surface area contributed by atoms with E-state index in [1.807, 2.05) is 6.07 Å². The highest BCUT2D eigenvalue weighted by Crippen LogP contribution is 2.45. The second-order valence-electron chi connectivity index (χ2n) is 4.24. The van der Waals surface area contributed by atoms with Gasteiger partial charge in [0.1, 0.15) is 5.75 Å². The number of fused-ring (bicyclic) bond motifs is 1. The van der Waals surface area contributed by atoms with Crippen LogP contribution in [0, 0.1) is 6.92 Å². The van der Waals surface area contributed by atoms with Crippen molar-refractivity contribution < 1.29 is 9.94 Å². The number of hydrogen-bond donors (Lipinski definition) is 2. The molecule has 82 valence electrons. The molecule has 3 heteroatoms. The first kappa shape index (κ1) is 10.5. The van der Waals surface area contributed by atoms with Gasteiger partial charge in [0.2, 0.25) is 0 Å². The summed E-state index contributed by atoms with van der Waals surface area (Å²) in [6.45, 7) is 4.27. The minimum atomic E-state index is 0.111. The van der Waals surface area contributed by atoms with E-state index in [2.05, 4.69) is 19.3 Å². The molecule has 2 atom stereocenters. The van der Waals surface area contributed by atoms with Crippen LogP contribution < -0.4 is 5.48 Å². The summed E-state index contributed by atoms with van der Waals surface area (Å²) in [7, 11) is 1.61. The Morgan fingerprint density at radius 1 is 1.40 bits per heavy atom. The number of rotatable bonds is 2. The Morgan fingerprint density at radius 2 is 2.13 bits per heavy atom. The second kappa shape index (κ2) is 3.83. The summed E-state index contributed by atoms with van der Waals surface area (Å²) in [5.41, 5.74) is 6.46. The first-order valence-electron chi connectivity index (χ1n) is 5.26. The number of phenolic OH excluding ortho intramolecular Hbond substituents is 1. The van der Waals surface area contributed by atoms with Crippen LogP contribution >= 0.6 is 0 Å². The van der Waals surface area contributed by atoms with Crippen LogP contribution in [0.25, 0.3) is 0 Å². The lowest BCUT2D eigenvalue weighted by Crippen LogP contribution is -2.17. The van der Waals surface area contributed by atoms with Crippen LogP contribution in [0.2, 0.25) is 0 Å². The summed E-state index contributed by atoms with van der Waals surface area (Å²) in [5, 5.41) is 9.88. The van der Waals surface area contributed by atoms with Gasteiger partial charge in [-0.25, -0.2) is 0 Å². The second-order valence-corrected chi connectivity index (χ2v) is 4.24. The highest BCUT2D eigenvalue weighted by Gasteiger charge is 2.31. The fourth-order valence-corrected chi connectivity index (χ4v) is 2.59. The maximum absolute atomic E-state index is 9.88. The molecule has 0 spiro atoms. The average molecular weight is 207 g/mol. The molecule has 1 aromatic carbocycles. The van der Waals surface area contributed by atoms with Gasteiger partial charge >= 0.3 is 0 Å². The third-order valence-electron chi connectivity index (χ3n) is 3.17. The zero-order valence-electron chi connectivity index (χ0n) is 9.37. The smallest absolute Gasteiger partial charge is 0.120 e. The summed E-state index contributed by atoms with van der Waals surface area (Å²) in [4.78, 5) is 4.96. The molecule has 0 aliphatic heterocycles. The van der Waals surface area contributed by atoms with Crippen molar-refractivity contribution in [3.8, 4) is 5.75 Å². The van der Waals surface area contributed by atoms with Crippen molar-refractivity contribution in [2.75, 3.05) is 7.11 Å². The number of hydrogen-bond acceptors (Lipinski definition) is 3. The summed E-state index contributed by atoms with van der Waals surface area (Å²) in [6, 6.07) is 3.84. The molecular weight excluding hydrogens is 190 g/mol. The van der Waals surface area contributed by atoms with Crippen LogP contribution in [0.5, 0.6) is 5.75 Å². The molecule has 1 aliphatic rings. The van der Waals surface area contributed by atoms with Gasteiger partial charge in [-0.05, 0) is 36.5 Å². The molecule has 0 aromatic heterocycles. The van der Waals surface area contributed by atoms with Gasteiger partial charge in [-0.15, -0.1) is 0 Å². The molecule has 0 saturated heterocycles. The number of aryl methyl sites for hydroxylation is 1. The van der Waals surface area contributed by atoms with E-state index in [1.165, 1.54) is 11.1 Å². The summed E-state index contributed by atoms with van der Waals surface area (Å²) in [5.74, 6) is 0.842. The minimum Gasteiger partial charge on any atom is -0.508 e. The van der Waals surface area contributed by atoms with E-state index in [0.29, 0.717) is 11.7 Å². The average Bonchev–Trinajstić information content (AvgIpc) is 2.51. The Labute approximate surface area is 90.0 Å². The van der Waals surface area contributed by atoms with Crippen LogP contribution in [0.1, 0.15) is 42.0 Å². The van der Waals surface area contributed by atoms with Crippen molar-refractivity contribution in [1.29, 1.82) is 0 Å². The van der Waals surface area contributed by atoms with Crippen LogP contribution in [-0.2, 0) is 4.84 Å². The van der Waals surface area contributed by atoms with E-state index in [4.69, 9.17) is 4.84 Å². The fourth-order valence-electron chi connectivity index (χ4n) is 2.59. The van der Waals surface area contributed by atoms with Gasteiger partial charge in [-0.1, -0.05) is 13.0 Å². The van der Waals surface area contributed by atoms with Crippen molar-refractivity contribution in [1.82, 2.24) is 5.48 Å². The monoisotopic (exact) mass is 207 g/mol. The third-order valence-corrected chi connectivity index (χ3v) is 3.17. The third kappa shape index (κ3) is 1.62. The van der Waals surface area contributed by atoms with Crippen LogP contribution in [0.3, 0.4) is 0 Å². The van der Waals surface area contributed by atoms with Crippen molar-refractivity contribution in [3.63, 3.8) is 0 Å².